The predicted octanol–water partition coefficient (Wildman–Crippen LogP) is 0.365. The Bertz CT molecular complexity index is 810. The van der Waals surface area contributed by atoms with E-state index in [2.05, 4.69) is 0 Å². The minimum Gasteiger partial charge on any atom is -0.463 e. The van der Waals surface area contributed by atoms with Gasteiger partial charge in [0.2, 0.25) is 0 Å². The van der Waals surface area contributed by atoms with Gasteiger partial charge in [0.25, 0.3) is 0 Å². The molecule has 12 nitrogen and oxygen atoms in total. The molecule has 0 amide bonds. The van der Waals surface area contributed by atoms with Crippen LogP contribution in [0.25, 0.3) is 0 Å². The Morgan fingerprint density at radius 1 is 0.941 bits per heavy atom. The number of ketones is 1. The Hall–Kier alpha value is -2.57. The zero-order valence-corrected chi connectivity index (χ0v) is 19.6. The number of rotatable bonds is 6. The molecule has 3 aliphatic heterocycles. The summed E-state index contributed by atoms with van der Waals surface area (Å²) in [5.41, 5.74) is 0. The first-order chi connectivity index (χ1) is 16.0. The number of hydrogen-bond donors (Lipinski definition) is 0. The highest BCUT2D eigenvalue weighted by molar-refractivity contribution is 5.95. The molecule has 12 heteroatoms. The topological polar surface area (TPSA) is 153 Å². The van der Waals surface area contributed by atoms with Crippen LogP contribution in [0.4, 0.5) is 0 Å². The van der Waals surface area contributed by atoms with Crippen LogP contribution < -0.4 is 0 Å². The van der Waals surface area contributed by atoms with Crippen LogP contribution in [0.5, 0.6) is 0 Å². The molecule has 3 aliphatic rings. The maximum atomic E-state index is 12.4. The van der Waals surface area contributed by atoms with E-state index in [1.54, 1.807) is 6.92 Å². The number of fused-ring (bicyclic) bond motifs is 1. The van der Waals surface area contributed by atoms with Crippen molar-refractivity contribution >= 4 is 29.7 Å². The van der Waals surface area contributed by atoms with E-state index >= 15 is 0 Å². The summed E-state index contributed by atoms with van der Waals surface area (Å²) < 4.78 is 38.6. The van der Waals surface area contributed by atoms with Gasteiger partial charge in [-0.15, -0.1) is 0 Å². The number of Topliss-reactive ketones (excluding diaryl/α,β-unsaturated/α-hetero) is 1. The highest BCUT2D eigenvalue weighted by atomic mass is 16.7. The molecule has 0 unspecified atom stereocenters. The van der Waals surface area contributed by atoms with Crippen molar-refractivity contribution in [1.82, 2.24) is 0 Å². The number of hydrogen-bond acceptors (Lipinski definition) is 12. The van der Waals surface area contributed by atoms with Crippen LogP contribution in [0.15, 0.2) is 0 Å². The SMILES string of the molecule is CC(=O)OC[C@H]1O[C@H](O[C@@H]2CC(=O)CC(=O)O[C@H](C)C[C@@H]3O[C@@H]32)C[C@@H](OC(C)=O)[C@H]1OC(C)=O. The third kappa shape index (κ3) is 7.47. The number of esters is 4. The average Bonchev–Trinajstić information content (AvgIpc) is 3.45. The fourth-order valence-electron chi connectivity index (χ4n) is 4.19. The van der Waals surface area contributed by atoms with Crippen molar-refractivity contribution < 1.29 is 57.1 Å². The lowest BCUT2D eigenvalue weighted by atomic mass is 10.00. The maximum Gasteiger partial charge on any atom is 0.313 e. The number of carbonyl (C=O) groups is 5. The number of ether oxygens (including phenoxy) is 7. The number of epoxide rings is 1. The summed E-state index contributed by atoms with van der Waals surface area (Å²) >= 11 is 0. The zero-order chi connectivity index (χ0) is 25.0. The second-order valence-corrected chi connectivity index (χ2v) is 8.63. The molecular formula is C22H30O12. The Labute approximate surface area is 196 Å². The molecule has 3 fully saturated rings. The van der Waals surface area contributed by atoms with Crippen molar-refractivity contribution in [2.24, 2.45) is 0 Å². The Morgan fingerprint density at radius 2 is 1.65 bits per heavy atom. The molecule has 0 spiro atoms. The normalized spacial score (nSPS) is 35.9. The molecular weight excluding hydrogens is 456 g/mol. The molecule has 0 radical (unpaired) electrons. The highest BCUT2D eigenvalue weighted by Crippen LogP contribution is 2.36. The van der Waals surface area contributed by atoms with E-state index in [1.807, 2.05) is 0 Å². The summed E-state index contributed by atoms with van der Waals surface area (Å²) in [4.78, 5) is 59.0. The summed E-state index contributed by atoms with van der Waals surface area (Å²) in [6.45, 7) is 5.06. The standard InChI is InChI=1S/C22H30O12/c1-10-5-15-21(34-15)16(6-14(26)7-19(27)29-10)32-20-8-17(30-12(3)24)22(31-13(4)25)18(33-20)9-28-11(2)23/h10,15-18,20-22H,5-9H2,1-4H3/t10-,15+,16-,17-,18-,20+,21+,22-/m1/s1. The monoisotopic (exact) mass is 486 g/mol. The van der Waals surface area contributed by atoms with E-state index in [-0.39, 0.29) is 37.8 Å². The fourth-order valence-corrected chi connectivity index (χ4v) is 4.19. The molecule has 3 heterocycles. The van der Waals surface area contributed by atoms with Crippen molar-refractivity contribution in [1.29, 1.82) is 0 Å². The average molecular weight is 486 g/mol. The van der Waals surface area contributed by atoms with Gasteiger partial charge in [-0.25, -0.2) is 0 Å². The van der Waals surface area contributed by atoms with Crippen molar-refractivity contribution in [3.63, 3.8) is 0 Å². The number of carbonyl (C=O) groups excluding carboxylic acids is 5. The molecule has 8 atom stereocenters. The molecule has 0 aromatic rings. The fraction of sp³-hybridized carbons (Fsp3) is 0.773. The quantitative estimate of drug-likeness (QED) is 0.220. The highest BCUT2D eigenvalue weighted by Gasteiger charge is 2.51. The predicted molar refractivity (Wildman–Crippen MR) is 109 cm³/mol. The summed E-state index contributed by atoms with van der Waals surface area (Å²) in [6.07, 6.45) is -5.79. The molecule has 0 bridgehead atoms. The van der Waals surface area contributed by atoms with Gasteiger partial charge in [0.05, 0.1) is 12.2 Å². The molecule has 3 saturated heterocycles. The molecule has 190 valence electrons. The lowest BCUT2D eigenvalue weighted by Gasteiger charge is -2.40. The molecule has 34 heavy (non-hydrogen) atoms. The van der Waals surface area contributed by atoms with Crippen LogP contribution in [0.3, 0.4) is 0 Å². The lowest BCUT2D eigenvalue weighted by molar-refractivity contribution is -0.277. The van der Waals surface area contributed by atoms with E-state index in [9.17, 15) is 24.0 Å². The second kappa shape index (κ2) is 11.2. The van der Waals surface area contributed by atoms with Crippen molar-refractivity contribution in [3.8, 4) is 0 Å². The van der Waals surface area contributed by atoms with Gasteiger partial charge < -0.3 is 33.2 Å². The number of cyclic esters (lactones) is 1. The minimum absolute atomic E-state index is 0.00534. The van der Waals surface area contributed by atoms with Gasteiger partial charge >= 0.3 is 23.9 Å². The van der Waals surface area contributed by atoms with Gasteiger partial charge in [0, 0.05) is 40.0 Å². The van der Waals surface area contributed by atoms with E-state index in [0.29, 0.717) is 6.42 Å². The van der Waals surface area contributed by atoms with E-state index in [1.165, 1.54) is 20.8 Å². The Kier molecular flexibility index (Phi) is 8.61. The van der Waals surface area contributed by atoms with Crippen molar-refractivity contribution in [2.45, 2.75) is 102 Å². The third-order valence-electron chi connectivity index (χ3n) is 5.54. The Balaban J connectivity index is 1.76. The summed E-state index contributed by atoms with van der Waals surface area (Å²) in [5, 5.41) is 0. The molecule has 0 aliphatic carbocycles. The van der Waals surface area contributed by atoms with Gasteiger partial charge in [0.1, 0.15) is 43.2 Å². The largest absolute Gasteiger partial charge is 0.463 e. The van der Waals surface area contributed by atoms with Gasteiger partial charge in [-0.2, -0.15) is 0 Å². The smallest absolute Gasteiger partial charge is 0.313 e. The summed E-state index contributed by atoms with van der Waals surface area (Å²) in [7, 11) is 0. The molecule has 0 saturated carbocycles. The second-order valence-electron chi connectivity index (χ2n) is 8.63. The van der Waals surface area contributed by atoms with Crippen LogP contribution >= 0.6 is 0 Å². The van der Waals surface area contributed by atoms with Crippen molar-refractivity contribution in [2.75, 3.05) is 6.61 Å². The molecule has 0 N–H and O–H groups in total. The first-order valence-electron chi connectivity index (χ1n) is 11.2. The van der Waals surface area contributed by atoms with Crippen LogP contribution in [-0.2, 0) is 57.1 Å². The van der Waals surface area contributed by atoms with Crippen LogP contribution in [-0.4, -0.2) is 85.3 Å². The van der Waals surface area contributed by atoms with Gasteiger partial charge in [0.15, 0.2) is 12.4 Å². The molecule has 3 rings (SSSR count). The zero-order valence-electron chi connectivity index (χ0n) is 19.6. The van der Waals surface area contributed by atoms with Crippen LogP contribution in [0.2, 0.25) is 0 Å². The molecule has 0 aromatic heterocycles. The molecule has 0 aromatic carbocycles. The van der Waals surface area contributed by atoms with E-state index in [0.717, 1.165) is 0 Å². The third-order valence-corrected chi connectivity index (χ3v) is 5.54. The summed E-state index contributed by atoms with van der Waals surface area (Å²) in [5.74, 6) is -2.80. The van der Waals surface area contributed by atoms with Crippen LogP contribution in [0, 0.1) is 0 Å². The first-order valence-corrected chi connectivity index (χ1v) is 11.2. The minimum atomic E-state index is -1.04. The van der Waals surface area contributed by atoms with Gasteiger partial charge in [-0.1, -0.05) is 0 Å². The summed E-state index contributed by atoms with van der Waals surface area (Å²) in [6, 6.07) is 0. The first kappa shape index (κ1) is 26.0. The van der Waals surface area contributed by atoms with Gasteiger partial charge in [-0.3, -0.25) is 24.0 Å². The lowest BCUT2D eigenvalue weighted by Crippen LogP contribution is -2.55. The maximum absolute atomic E-state index is 12.4. The van der Waals surface area contributed by atoms with Crippen molar-refractivity contribution in [3.05, 3.63) is 0 Å². The van der Waals surface area contributed by atoms with Crippen LogP contribution in [0.1, 0.15) is 53.4 Å². The van der Waals surface area contributed by atoms with Gasteiger partial charge in [-0.05, 0) is 6.92 Å². The van der Waals surface area contributed by atoms with E-state index in [4.69, 9.17) is 33.2 Å². The van der Waals surface area contributed by atoms with E-state index < -0.39 is 66.8 Å². The Morgan fingerprint density at radius 3 is 2.29 bits per heavy atom.